The molecule has 0 saturated carbocycles. The van der Waals surface area contributed by atoms with E-state index in [1.807, 2.05) is 6.07 Å². The molecule has 1 atom stereocenters. The van der Waals surface area contributed by atoms with Gasteiger partial charge in [0.2, 0.25) is 0 Å². The minimum atomic E-state index is -3.20. The van der Waals surface area contributed by atoms with Crippen LogP contribution in [-0.4, -0.2) is 42.6 Å². The van der Waals surface area contributed by atoms with Gasteiger partial charge in [-0.25, -0.2) is 13.4 Å². The first-order valence-electron chi connectivity index (χ1n) is 6.22. The maximum atomic E-state index is 12.2. The normalized spacial score (nSPS) is 19.6. The van der Waals surface area contributed by atoms with E-state index in [0.29, 0.717) is 23.8 Å². The zero-order chi connectivity index (χ0) is 14.8. The monoisotopic (exact) mass is 312 g/mol. The van der Waals surface area contributed by atoms with Crippen LogP contribution in [0.3, 0.4) is 0 Å². The summed E-state index contributed by atoms with van der Waals surface area (Å²) in [7, 11) is -3.20. The van der Waals surface area contributed by atoms with Crippen molar-refractivity contribution in [3.8, 4) is 6.07 Å². The summed E-state index contributed by atoms with van der Waals surface area (Å²) < 4.78 is 24.4. The molecule has 2 N–H and O–H groups in total. The predicted octanol–water partition coefficient (Wildman–Crippen LogP) is 0.849. The van der Waals surface area contributed by atoms with Gasteiger partial charge >= 0.3 is 0 Å². The van der Waals surface area contributed by atoms with Crippen LogP contribution in [0.25, 0.3) is 0 Å². The van der Waals surface area contributed by atoms with Crippen LogP contribution in [0.5, 0.6) is 0 Å². The number of anilines is 2. The minimum Gasteiger partial charge on any atom is -0.396 e. The molecule has 108 valence electrons. The fourth-order valence-corrected chi connectivity index (χ4v) is 5.02. The predicted molar refractivity (Wildman–Crippen MR) is 81.3 cm³/mol. The highest BCUT2D eigenvalue weighted by atomic mass is 32.2. The topological polar surface area (TPSA) is 100 Å². The average Bonchev–Trinajstić information content (AvgIpc) is 2.48. The Hall–Kier alpha value is -1.46. The Morgan fingerprint density at radius 1 is 1.60 bits per heavy atom. The average molecular weight is 312 g/mol. The SMILES string of the molecule is CCS(=O)(=O)C1CSCCN1c1ccc(N)c(C#N)n1. The summed E-state index contributed by atoms with van der Waals surface area (Å²) in [5.41, 5.74) is 6.09. The molecule has 2 heterocycles. The summed E-state index contributed by atoms with van der Waals surface area (Å²) in [6.45, 7) is 2.24. The lowest BCUT2D eigenvalue weighted by Crippen LogP contribution is -2.48. The molecule has 8 heteroatoms. The lowest BCUT2D eigenvalue weighted by molar-refractivity contribution is 0.579. The molecule has 0 spiro atoms. The van der Waals surface area contributed by atoms with Crippen molar-refractivity contribution in [1.29, 1.82) is 5.26 Å². The molecule has 0 radical (unpaired) electrons. The summed E-state index contributed by atoms with van der Waals surface area (Å²) in [6, 6.07) is 5.19. The number of nitrogen functional groups attached to an aromatic ring is 1. The third kappa shape index (κ3) is 2.83. The number of thioether (sulfide) groups is 1. The molecule has 1 aliphatic rings. The second-order valence-corrected chi connectivity index (χ2v) is 7.99. The molecule has 0 amide bonds. The van der Waals surface area contributed by atoms with Crippen molar-refractivity contribution in [3.63, 3.8) is 0 Å². The van der Waals surface area contributed by atoms with E-state index in [2.05, 4.69) is 4.98 Å². The molecular weight excluding hydrogens is 296 g/mol. The van der Waals surface area contributed by atoms with Crippen molar-refractivity contribution >= 4 is 33.1 Å². The van der Waals surface area contributed by atoms with Crippen LogP contribution in [0.2, 0.25) is 0 Å². The second-order valence-electron chi connectivity index (χ2n) is 4.39. The van der Waals surface area contributed by atoms with Crippen LogP contribution in [0.15, 0.2) is 12.1 Å². The molecule has 1 aromatic rings. The van der Waals surface area contributed by atoms with E-state index in [0.717, 1.165) is 5.75 Å². The van der Waals surface area contributed by atoms with Gasteiger partial charge in [-0.05, 0) is 12.1 Å². The zero-order valence-corrected chi connectivity index (χ0v) is 12.7. The number of aromatic nitrogens is 1. The number of sulfone groups is 1. The van der Waals surface area contributed by atoms with Crippen molar-refractivity contribution < 1.29 is 8.42 Å². The Kier molecular flexibility index (Phi) is 4.40. The molecule has 0 aromatic carbocycles. The highest BCUT2D eigenvalue weighted by Gasteiger charge is 2.33. The van der Waals surface area contributed by atoms with Crippen LogP contribution >= 0.6 is 11.8 Å². The van der Waals surface area contributed by atoms with E-state index in [1.54, 1.807) is 35.7 Å². The Balaban J connectivity index is 2.41. The number of nitriles is 1. The van der Waals surface area contributed by atoms with Gasteiger partial charge in [0.25, 0.3) is 0 Å². The highest BCUT2D eigenvalue weighted by molar-refractivity contribution is 8.01. The largest absolute Gasteiger partial charge is 0.396 e. The third-order valence-corrected chi connectivity index (χ3v) is 6.50. The van der Waals surface area contributed by atoms with Crippen molar-refractivity contribution in [2.45, 2.75) is 12.3 Å². The molecule has 0 aliphatic carbocycles. The summed E-state index contributed by atoms with van der Waals surface area (Å²) in [6.07, 6.45) is 0. The first-order valence-corrected chi connectivity index (χ1v) is 9.09. The fraction of sp³-hybridized carbons (Fsp3) is 0.500. The van der Waals surface area contributed by atoms with Gasteiger partial charge in [-0.2, -0.15) is 17.0 Å². The van der Waals surface area contributed by atoms with E-state index >= 15 is 0 Å². The smallest absolute Gasteiger partial charge is 0.171 e. The lowest BCUT2D eigenvalue weighted by Gasteiger charge is -2.35. The van der Waals surface area contributed by atoms with Gasteiger partial charge in [-0.3, -0.25) is 0 Å². The van der Waals surface area contributed by atoms with Crippen molar-refractivity contribution in [3.05, 3.63) is 17.8 Å². The Morgan fingerprint density at radius 2 is 2.35 bits per heavy atom. The molecule has 20 heavy (non-hydrogen) atoms. The van der Waals surface area contributed by atoms with E-state index in [9.17, 15) is 8.42 Å². The van der Waals surface area contributed by atoms with Gasteiger partial charge in [0, 0.05) is 23.8 Å². The zero-order valence-electron chi connectivity index (χ0n) is 11.1. The van der Waals surface area contributed by atoms with Crippen molar-refractivity contribution in [1.82, 2.24) is 4.98 Å². The molecule has 2 rings (SSSR count). The van der Waals surface area contributed by atoms with Gasteiger partial charge in [0.1, 0.15) is 17.3 Å². The molecule has 1 unspecified atom stereocenters. The molecular formula is C12H16N4O2S2. The van der Waals surface area contributed by atoms with Crippen LogP contribution in [0.4, 0.5) is 11.5 Å². The van der Waals surface area contributed by atoms with E-state index in [4.69, 9.17) is 11.0 Å². The van der Waals surface area contributed by atoms with Gasteiger partial charge in [0.15, 0.2) is 15.5 Å². The van der Waals surface area contributed by atoms with Crippen LogP contribution in [0.1, 0.15) is 12.6 Å². The molecule has 1 saturated heterocycles. The van der Waals surface area contributed by atoms with Gasteiger partial charge in [0.05, 0.1) is 5.69 Å². The van der Waals surface area contributed by atoms with E-state index < -0.39 is 15.2 Å². The maximum absolute atomic E-state index is 12.2. The molecule has 6 nitrogen and oxygen atoms in total. The molecule has 1 aromatic heterocycles. The Labute approximate surface area is 122 Å². The summed E-state index contributed by atoms with van der Waals surface area (Å²) in [5.74, 6) is 1.95. The van der Waals surface area contributed by atoms with Crippen molar-refractivity contribution in [2.24, 2.45) is 0 Å². The van der Waals surface area contributed by atoms with Gasteiger partial charge < -0.3 is 10.6 Å². The van der Waals surface area contributed by atoms with Crippen LogP contribution in [-0.2, 0) is 9.84 Å². The fourth-order valence-electron chi connectivity index (χ4n) is 2.04. The highest BCUT2D eigenvalue weighted by Crippen LogP contribution is 2.27. The standard InChI is InChI=1S/C12H16N4O2S2/c1-2-20(17,18)12-8-19-6-5-16(12)11-4-3-9(14)10(7-13)15-11/h3-4,12H,2,5-6,8,14H2,1H3. The minimum absolute atomic E-state index is 0.0921. The number of nitrogens with zero attached hydrogens (tertiary/aromatic N) is 3. The summed E-state index contributed by atoms with van der Waals surface area (Å²) >= 11 is 1.62. The first kappa shape index (κ1) is 14.9. The number of pyridine rings is 1. The molecule has 0 bridgehead atoms. The summed E-state index contributed by atoms with van der Waals surface area (Å²) in [4.78, 5) is 5.94. The van der Waals surface area contributed by atoms with Crippen molar-refractivity contribution in [2.75, 3.05) is 34.4 Å². The van der Waals surface area contributed by atoms with E-state index in [1.165, 1.54) is 0 Å². The Morgan fingerprint density at radius 3 is 3.00 bits per heavy atom. The van der Waals surface area contributed by atoms with Crippen LogP contribution in [0, 0.1) is 11.3 Å². The third-order valence-electron chi connectivity index (χ3n) is 3.21. The second kappa shape index (κ2) is 5.89. The number of hydrogen-bond acceptors (Lipinski definition) is 7. The Bertz CT molecular complexity index is 639. The lowest BCUT2D eigenvalue weighted by atomic mass is 10.3. The quantitative estimate of drug-likeness (QED) is 0.883. The van der Waals surface area contributed by atoms with Gasteiger partial charge in [-0.15, -0.1) is 0 Å². The van der Waals surface area contributed by atoms with Gasteiger partial charge in [-0.1, -0.05) is 6.92 Å². The molecule has 1 fully saturated rings. The first-order chi connectivity index (χ1) is 9.49. The van der Waals surface area contributed by atoms with Crippen LogP contribution < -0.4 is 10.6 Å². The summed E-state index contributed by atoms with van der Waals surface area (Å²) in [5, 5.41) is 8.39. The number of hydrogen-bond donors (Lipinski definition) is 1. The number of rotatable bonds is 3. The number of nitrogens with two attached hydrogens (primary N) is 1. The molecule has 1 aliphatic heterocycles. The maximum Gasteiger partial charge on any atom is 0.171 e. The van der Waals surface area contributed by atoms with E-state index in [-0.39, 0.29) is 11.4 Å².